The van der Waals surface area contributed by atoms with Gasteiger partial charge in [0.05, 0.1) is 14.2 Å². The van der Waals surface area contributed by atoms with Crippen molar-refractivity contribution in [3.05, 3.63) is 47.5 Å². The van der Waals surface area contributed by atoms with Crippen LogP contribution >= 0.6 is 23.4 Å². The Morgan fingerprint density at radius 3 is 2.64 bits per heavy atom. The molecule has 1 fully saturated rings. The number of thioether (sulfide) groups is 1. The lowest BCUT2D eigenvalue weighted by molar-refractivity contribution is -0.123. The number of carbonyl (C=O) groups is 2. The summed E-state index contributed by atoms with van der Waals surface area (Å²) in [6.07, 6.45) is 0.0539. The molecule has 1 aliphatic rings. The molecule has 1 unspecified atom stereocenters. The summed E-state index contributed by atoms with van der Waals surface area (Å²) in [6.45, 7) is 0. The monoisotopic (exact) mass is 419 g/mol. The number of nitrogens with zero attached hydrogens (tertiary/aromatic N) is 1. The maximum Gasteiger partial charge on any atom is 0.238 e. The third-order valence-corrected chi connectivity index (χ3v) is 5.20. The molecular weight excluding hydrogens is 402 g/mol. The van der Waals surface area contributed by atoms with Crippen LogP contribution in [0.5, 0.6) is 11.5 Å². The summed E-state index contributed by atoms with van der Waals surface area (Å²) in [5.41, 5.74) is 1.08. The number of hydrogen-bond acceptors (Lipinski definition) is 6. The van der Waals surface area contributed by atoms with Crippen LogP contribution in [0.2, 0.25) is 5.02 Å². The zero-order valence-corrected chi connectivity index (χ0v) is 16.8. The number of halogens is 1. The second-order valence-corrected chi connectivity index (χ2v) is 7.44. The number of hydrogen-bond donors (Lipinski definition) is 2. The van der Waals surface area contributed by atoms with Gasteiger partial charge >= 0.3 is 0 Å². The summed E-state index contributed by atoms with van der Waals surface area (Å²) in [5.74, 6) is 0.634. The van der Waals surface area contributed by atoms with E-state index in [2.05, 4.69) is 15.6 Å². The average Bonchev–Trinajstić information content (AvgIpc) is 2.68. The van der Waals surface area contributed by atoms with Gasteiger partial charge in [-0.05, 0) is 42.5 Å². The van der Waals surface area contributed by atoms with E-state index in [9.17, 15) is 9.59 Å². The Hall–Kier alpha value is -2.71. The summed E-state index contributed by atoms with van der Waals surface area (Å²) in [6, 6.07) is 11.9. The molecule has 7 nitrogen and oxygen atoms in total. The van der Waals surface area contributed by atoms with Crippen LogP contribution in [-0.2, 0) is 9.59 Å². The fraction of sp³-hybridized carbons (Fsp3) is 0.211. The number of methoxy groups -OCH3 is 2. The predicted molar refractivity (Wildman–Crippen MR) is 111 cm³/mol. The fourth-order valence-corrected chi connectivity index (χ4v) is 3.66. The minimum atomic E-state index is -0.611. The number of anilines is 1. The van der Waals surface area contributed by atoms with E-state index >= 15 is 0 Å². The van der Waals surface area contributed by atoms with Gasteiger partial charge in [0.1, 0.15) is 22.4 Å². The van der Waals surface area contributed by atoms with Crippen LogP contribution < -0.4 is 20.1 Å². The van der Waals surface area contributed by atoms with Crippen molar-refractivity contribution in [1.29, 1.82) is 0 Å². The van der Waals surface area contributed by atoms with Crippen LogP contribution in [0.4, 0.5) is 11.4 Å². The average molecular weight is 420 g/mol. The summed E-state index contributed by atoms with van der Waals surface area (Å²) >= 11 is 7.19. The molecule has 28 heavy (non-hydrogen) atoms. The van der Waals surface area contributed by atoms with Gasteiger partial charge in [-0.25, -0.2) is 4.99 Å². The van der Waals surface area contributed by atoms with Crippen molar-refractivity contribution in [2.45, 2.75) is 11.7 Å². The minimum Gasteiger partial charge on any atom is -0.497 e. The Labute approximate surface area is 171 Å². The van der Waals surface area contributed by atoms with Crippen molar-refractivity contribution < 1.29 is 19.1 Å². The first-order valence-corrected chi connectivity index (χ1v) is 9.58. The Morgan fingerprint density at radius 1 is 1.21 bits per heavy atom. The van der Waals surface area contributed by atoms with Crippen LogP contribution in [0.1, 0.15) is 6.42 Å². The number of aliphatic imine (C=N–C) groups is 1. The number of benzene rings is 2. The molecule has 0 spiro atoms. The molecule has 146 valence electrons. The normalized spacial score (nSPS) is 17.8. The van der Waals surface area contributed by atoms with E-state index in [1.807, 2.05) is 0 Å². The number of amides is 2. The number of amidine groups is 1. The van der Waals surface area contributed by atoms with Crippen molar-refractivity contribution >= 4 is 51.7 Å². The number of rotatable bonds is 5. The van der Waals surface area contributed by atoms with Gasteiger partial charge in [-0.3, -0.25) is 9.59 Å². The quantitative estimate of drug-likeness (QED) is 0.772. The third kappa shape index (κ3) is 4.96. The Kier molecular flexibility index (Phi) is 6.43. The molecule has 2 aromatic carbocycles. The van der Waals surface area contributed by atoms with Crippen LogP contribution in [0, 0.1) is 0 Å². The molecule has 0 bridgehead atoms. The molecule has 1 heterocycles. The topological polar surface area (TPSA) is 89.0 Å². The van der Waals surface area contributed by atoms with Gasteiger partial charge in [-0.1, -0.05) is 23.4 Å². The van der Waals surface area contributed by atoms with E-state index in [4.69, 9.17) is 21.1 Å². The molecule has 0 aromatic heterocycles. The SMILES string of the molecule is COc1ccc(NC(=O)C2CC(=O)NC(=Nc3cc(Cl)ccc3OC)S2)cc1. The van der Waals surface area contributed by atoms with E-state index in [1.54, 1.807) is 49.6 Å². The molecule has 2 aromatic rings. The molecule has 1 atom stereocenters. The summed E-state index contributed by atoms with van der Waals surface area (Å²) in [4.78, 5) is 29.1. The van der Waals surface area contributed by atoms with E-state index in [-0.39, 0.29) is 18.2 Å². The zero-order chi connectivity index (χ0) is 20.1. The van der Waals surface area contributed by atoms with Gasteiger partial charge in [-0.2, -0.15) is 0 Å². The number of nitrogens with one attached hydrogen (secondary N) is 2. The van der Waals surface area contributed by atoms with Crippen LogP contribution in [-0.4, -0.2) is 36.5 Å². The molecule has 1 saturated heterocycles. The largest absolute Gasteiger partial charge is 0.497 e. The van der Waals surface area contributed by atoms with Crippen LogP contribution in [0.25, 0.3) is 0 Å². The Morgan fingerprint density at radius 2 is 1.96 bits per heavy atom. The van der Waals surface area contributed by atoms with E-state index < -0.39 is 5.25 Å². The molecule has 1 aliphatic heterocycles. The first kappa shape index (κ1) is 20.0. The van der Waals surface area contributed by atoms with Gasteiger partial charge in [-0.15, -0.1) is 0 Å². The van der Waals surface area contributed by atoms with Crippen molar-refractivity contribution in [2.75, 3.05) is 19.5 Å². The minimum absolute atomic E-state index is 0.0539. The van der Waals surface area contributed by atoms with Crippen LogP contribution in [0.15, 0.2) is 47.5 Å². The lowest BCUT2D eigenvalue weighted by Gasteiger charge is -2.22. The predicted octanol–water partition coefficient (Wildman–Crippen LogP) is 3.61. The lowest BCUT2D eigenvalue weighted by Crippen LogP contribution is -2.41. The summed E-state index contributed by atoms with van der Waals surface area (Å²) < 4.78 is 10.4. The third-order valence-electron chi connectivity index (χ3n) is 3.88. The molecule has 0 radical (unpaired) electrons. The van der Waals surface area contributed by atoms with Gasteiger partial charge < -0.3 is 20.1 Å². The van der Waals surface area contributed by atoms with Gasteiger partial charge in [0.15, 0.2) is 5.17 Å². The van der Waals surface area contributed by atoms with Gasteiger partial charge in [0.2, 0.25) is 11.8 Å². The van der Waals surface area contributed by atoms with Crippen molar-refractivity contribution in [3.8, 4) is 11.5 Å². The second-order valence-electron chi connectivity index (χ2n) is 5.81. The van der Waals surface area contributed by atoms with Crippen molar-refractivity contribution in [3.63, 3.8) is 0 Å². The Balaban J connectivity index is 1.75. The molecule has 3 rings (SSSR count). The standard InChI is InChI=1S/C19H18ClN3O4S/c1-26-13-6-4-12(5-7-13)21-18(25)16-10-17(24)23-19(28-16)22-14-9-11(20)3-8-15(14)27-2/h3-9,16H,10H2,1-2H3,(H,21,25)(H,22,23,24). The maximum atomic E-state index is 12.6. The van der Waals surface area contributed by atoms with Crippen LogP contribution in [0.3, 0.4) is 0 Å². The summed E-state index contributed by atoms with van der Waals surface area (Å²) in [7, 11) is 3.09. The van der Waals surface area contributed by atoms with Gasteiger partial charge in [0, 0.05) is 17.1 Å². The maximum absolute atomic E-state index is 12.6. The highest BCUT2D eigenvalue weighted by Gasteiger charge is 2.30. The van der Waals surface area contributed by atoms with E-state index in [0.29, 0.717) is 33.1 Å². The lowest BCUT2D eigenvalue weighted by atomic mass is 10.2. The first-order valence-electron chi connectivity index (χ1n) is 8.32. The van der Waals surface area contributed by atoms with Crippen molar-refractivity contribution in [2.24, 2.45) is 4.99 Å². The Bertz CT molecular complexity index is 918. The van der Waals surface area contributed by atoms with E-state index in [0.717, 1.165) is 0 Å². The van der Waals surface area contributed by atoms with E-state index in [1.165, 1.54) is 18.9 Å². The molecule has 2 N–H and O–H groups in total. The second kappa shape index (κ2) is 8.99. The number of ether oxygens (including phenoxy) is 2. The molecule has 9 heteroatoms. The first-order chi connectivity index (χ1) is 13.5. The molecule has 2 amide bonds. The van der Waals surface area contributed by atoms with Crippen molar-refractivity contribution in [1.82, 2.24) is 5.32 Å². The highest BCUT2D eigenvalue weighted by molar-refractivity contribution is 8.15. The highest BCUT2D eigenvalue weighted by Crippen LogP contribution is 2.32. The number of carbonyl (C=O) groups excluding carboxylic acids is 2. The summed E-state index contributed by atoms with van der Waals surface area (Å²) in [5, 5.41) is 5.67. The molecular formula is C19H18ClN3O4S. The molecule has 0 saturated carbocycles. The zero-order valence-electron chi connectivity index (χ0n) is 15.2. The fourth-order valence-electron chi connectivity index (χ4n) is 2.50. The van der Waals surface area contributed by atoms with Gasteiger partial charge in [0.25, 0.3) is 0 Å². The molecule has 0 aliphatic carbocycles. The highest BCUT2D eigenvalue weighted by atomic mass is 35.5. The smallest absolute Gasteiger partial charge is 0.238 e.